The number of furan rings is 1. The van der Waals surface area contributed by atoms with Crippen LogP contribution in [0.5, 0.6) is 0 Å². The number of nitrogens with zero attached hydrogens (tertiary/aromatic N) is 3. The van der Waals surface area contributed by atoms with Gasteiger partial charge in [-0.05, 0) is 54.1 Å². The monoisotopic (exact) mass is 471 g/mol. The molecule has 0 aliphatic rings. The van der Waals surface area contributed by atoms with Crippen molar-refractivity contribution in [1.82, 2.24) is 24.8 Å². The average molecular weight is 472 g/mol. The smallest absolute Gasteiger partial charge is 0.251 e. The lowest BCUT2D eigenvalue weighted by Gasteiger charge is -2.11. The van der Waals surface area contributed by atoms with Crippen LogP contribution in [-0.2, 0) is 23.1 Å². The van der Waals surface area contributed by atoms with Crippen LogP contribution in [0.4, 0.5) is 0 Å². The van der Waals surface area contributed by atoms with Crippen molar-refractivity contribution in [1.29, 1.82) is 0 Å². The molecule has 0 aliphatic heterocycles. The molecule has 0 saturated carbocycles. The van der Waals surface area contributed by atoms with Crippen LogP contribution in [0.25, 0.3) is 5.82 Å². The van der Waals surface area contributed by atoms with Gasteiger partial charge >= 0.3 is 0 Å². The number of carbonyl (C=O) groups is 1. The number of halogens is 1. The van der Waals surface area contributed by atoms with Crippen molar-refractivity contribution in [3.05, 3.63) is 95.3 Å². The molecular formula is C21H18ClN5O4S. The van der Waals surface area contributed by atoms with E-state index in [9.17, 15) is 13.2 Å². The first-order valence-electron chi connectivity index (χ1n) is 9.47. The van der Waals surface area contributed by atoms with Gasteiger partial charge in [0.15, 0.2) is 5.82 Å². The van der Waals surface area contributed by atoms with E-state index in [4.69, 9.17) is 16.0 Å². The van der Waals surface area contributed by atoms with Crippen molar-refractivity contribution >= 4 is 27.5 Å². The van der Waals surface area contributed by atoms with Gasteiger partial charge in [0.1, 0.15) is 10.7 Å². The van der Waals surface area contributed by atoms with Gasteiger partial charge in [0.05, 0.1) is 17.8 Å². The van der Waals surface area contributed by atoms with Gasteiger partial charge in [0.25, 0.3) is 5.91 Å². The third-order valence-corrected chi connectivity index (χ3v) is 6.38. The maximum atomic E-state index is 12.7. The Labute approximate surface area is 189 Å². The number of pyridine rings is 1. The van der Waals surface area contributed by atoms with Gasteiger partial charge in [0, 0.05) is 30.7 Å². The van der Waals surface area contributed by atoms with E-state index in [1.165, 1.54) is 24.5 Å². The molecule has 0 aliphatic carbocycles. The molecule has 0 unspecified atom stereocenters. The minimum absolute atomic E-state index is 0.00601. The van der Waals surface area contributed by atoms with Crippen molar-refractivity contribution < 1.29 is 17.6 Å². The maximum absolute atomic E-state index is 12.7. The Morgan fingerprint density at radius 2 is 1.97 bits per heavy atom. The van der Waals surface area contributed by atoms with Gasteiger partial charge in [-0.25, -0.2) is 22.8 Å². The van der Waals surface area contributed by atoms with Crippen LogP contribution in [-0.4, -0.2) is 29.1 Å². The molecule has 9 nitrogen and oxygen atoms in total. The van der Waals surface area contributed by atoms with Crippen LogP contribution in [0, 0.1) is 0 Å². The molecule has 0 atom stereocenters. The Morgan fingerprint density at radius 1 is 1.09 bits per heavy atom. The number of benzene rings is 1. The van der Waals surface area contributed by atoms with E-state index in [1.54, 1.807) is 53.6 Å². The van der Waals surface area contributed by atoms with Crippen molar-refractivity contribution in [3.8, 4) is 5.82 Å². The lowest BCUT2D eigenvalue weighted by Crippen LogP contribution is -2.25. The summed E-state index contributed by atoms with van der Waals surface area (Å²) in [5.74, 6) is 0.622. The van der Waals surface area contributed by atoms with E-state index in [0.29, 0.717) is 11.6 Å². The quantitative estimate of drug-likeness (QED) is 0.408. The highest BCUT2D eigenvalue weighted by Crippen LogP contribution is 2.23. The van der Waals surface area contributed by atoms with Gasteiger partial charge in [-0.3, -0.25) is 4.79 Å². The Balaban J connectivity index is 1.46. The second-order valence-corrected chi connectivity index (χ2v) is 8.85. The normalized spacial score (nSPS) is 11.4. The first-order valence-corrected chi connectivity index (χ1v) is 11.3. The Hall–Kier alpha value is -3.47. The lowest BCUT2D eigenvalue weighted by atomic mass is 10.2. The topological polar surface area (TPSA) is 119 Å². The van der Waals surface area contributed by atoms with Crippen molar-refractivity contribution in [2.24, 2.45) is 0 Å². The molecule has 3 heterocycles. The minimum Gasteiger partial charge on any atom is -0.468 e. The van der Waals surface area contributed by atoms with Crippen LogP contribution >= 0.6 is 11.6 Å². The molecule has 0 spiro atoms. The first-order chi connectivity index (χ1) is 15.4. The zero-order chi connectivity index (χ0) is 22.6. The number of nitrogens with one attached hydrogen (secondary N) is 2. The molecule has 164 valence electrons. The molecular weight excluding hydrogens is 454 g/mol. The molecule has 0 bridgehead atoms. The maximum Gasteiger partial charge on any atom is 0.251 e. The summed E-state index contributed by atoms with van der Waals surface area (Å²) in [5.41, 5.74) is 0.968. The Kier molecular flexibility index (Phi) is 6.35. The summed E-state index contributed by atoms with van der Waals surface area (Å²) in [6.45, 7) is 0.180. The van der Waals surface area contributed by atoms with Gasteiger partial charge in [-0.2, -0.15) is 5.10 Å². The van der Waals surface area contributed by atoms with E-state index in [2.05, 4.69) is 20.1 Å². The van der Waals surface area contributed by atoms with E-state index >= 15 is 0 Å². The highest BCUT2D eigenvalue weighted by molar-refractivity contribution is 7.89. The summed E-state index contributed by atoms with van der Waals surface area (Å²) in [7, 11) is -3.96. The van der Waals surface area contributed by atoms with E-state index < -0.39 is 15.9 Å². The molecule has 11 heteroatoms. The van der Waals surface area contributed by atoms with Crippen molar-refractivity contribution in [2.45, 2.75) is 18.0 Å². The SMILES string of the molecule is O=C(NCc1ccnc(-n2cccn2)c1)c1ccc(Cl)c(S(=O)(=O)NCc2ccco2)c1. The molecule has 3 aromatic heterocycles. The fraction of sp³-hybridized carbons (Fsp3) is 0.0952. The number of hydrogen-bond acceptors (Lipinski definition) is 6. The molecule has 1 aromatic carbocycles. The number of amides is 1. The van der Waals surface area contributed by atoms with Gasteiger partial charge < -0.3 is 9.73 Å². The number of sulfonamides is 1. The van der Waals surface area contributed by atoms with Crippen molar-refractivity contribution in [3.63, 3.8) is 0 Å². The zero-order valence-corrected chi connectivity index (χ0v) is 18.2. The predicted molar refractivity (Wildman–Crippen MR) is 117 cm³/mol. The summed E-state index contributed by atoms with van der Waals surface area (Å²) >= 11 is 6.10. The number of aromatic nitrogens is 3. The molecule has 0 saturated heterocycles. The Bertz CT molecular complexity index is 1320. The molecule has 32 heavy (non-hydrogen) atoms. The van der Waals surface area contributed by atoms with E-state index in [-0.39, 0.29) is 28.6 Å². The largest absolute Gasteiger partial charge is 0.468 e. The van der Waals surface area contributed by atoms with E-state index in [0.717, 1.165) is 5.56 Å². The minimum atomic E-state index is -3.96. The van der Waals surface area contributed by atoms with Crippen LogP contribution in [0.15, 0.2) is 82.7 Å². The van der Waals surface area contributed by atoms with Crippen LogP contribution in [0.2, 0.25) is 5.02 Å². The number of rotatable bonds is 8. The molecule has 2 N–H and O–H groups in total. The summed E-state index contributed by atoms with van der Waals surface area (Å²) in [5, 5.41) is 6.90. The van der Waals surface area contributed by atoms with E-state index in [1.807, 2.05) is 0 Å². The highest BCUT2D eigenvalue weighted by atomic mass is 35.5. The zero-order valence-electron chi connectivity index (χ0n) is 16.6. The second kappa shape index (κ2) is 9.35. The van der Waals surface area contributed by atoms with Crippen LogP contribution in [0.1, 0.15) is 21.7 Å². The van der Waals surface area contributed by atoms with Gasteiger partial charge in [-0.1, -0.05) is 11.6 Å². The molecule has 4 rings (SSSR count). The van der Waals surface area contributed by atoms with Gasteiger partial charge in [0.2, 0.25) is 10.0 Å². The third kappa shape index (κ3) is 5.05. The summed E-state index contributed by atoms with van der Waals surface area (Å²) in [4.78, 5) is 16.7. The average Bonchev–Trinajstić information content (AvgIpc) is 3.51. The summed E-state index contributed by atoms with van der Waals surface area (Å²) < 4.78 is 34.5. The van der Waals surface area contributed by atoms with Crippen LogP contribution < -0.4 is 10.0 Å². The lowest BCUT2D eigenvalue weighted by molar-refractivity contribution is 0.0950. The molecule has 1 amide bonds. The molecule has 4 aromatic rings. The highest BCUT2D eigenvalue weighted by Gasteiger charge is 2.20. The third-order valence-electron chi connectivity index (χ3n) is 4.50. The van der Waals surface area contributed by atoms with Crippen LogP contribution in [0.3, 0.4) is 0 Å². The molecule has 0 radical (unpaired) electrons. The summed E-state index contributed by atoms with van der Waals surface area (Å²) in [6, 6.07) is 12.7. The fourth-order valence-corrected chi connectivity index (χ4v) is 4.41. The predicted octanol–water partition coefficient (Wildman–Crippen LogP) is 2.92. The Morgan fingerprint density at radius 3 is 2.72 bits per heavy atom. The number of carbonyl (C=O) groups excluding carboxylic acids is 1. The first kappa shape index (κ1) is 21.8. The van der Waals surface area contributed by atoms with Crippen molar-refractivity contribution in [2.75, 3.05) is 0 Å². The summed E-state index contributed by atoms with van der Waals surface area (Å²) in [6.07, 6.45) is 6.48. The number of hydrogen-bond donors (Lipinski definition) is 2. The molecule has 0 fully saturated rings. The van der Waals surface area contributed by atoms with Gasteiger partial charge in [-0.15, -0.1) is 0 Å². The fourth-order valence-electron chi connectivity index (χ4n) is 2.89. The second-order valence-electron chi connectivity index (χ2n) is 6.70. The standard InChI is InChI=1S/C21H18ClN5O4S/c22-18-5-4-16(12-19(18)32(29,30)26-14-17-3-1-10-31-17)21(28)24-13-15-6-8-23-20(11-15)27-9-2-7-25-27/h1-12,26H,13-14H2,(H,24,28).